The van der Waals surface area contributed by atoms with Crippen LogP contribution in [0.2, 0.25) is 0 Å². The van der Waals surface area contributed by atoms with E-state index in [1.54, 1.807) is 6.07 Å². The lowest BCUT2D eigenvalue weighted by atomic mass is 10.2. The van der Waals surface area contributed by atoms with Crippen LogP contribution in [-0.2, 0) is 0 Å². The van der Waals surface area contributed by atoms with Crippen molar-refractivity contribution >= 4 is 11.4 Å². The molecular formula is C8H8N6O2. The lowest BCUT2D eigenvalue weighted by Gasteiger charge is -2.04. The van der Waals surface area contributed by atoms with Gasteiger partial charge in [-0.2, -0.15) is 5.10 Å². The van der Waals surface area contributed by atoms with E-state index in [0.29, 0.717) is 11.4 Å². The van der Waals surface area contributed by atoms with E-state index in [9.17, 15) is 10.1 Å². The van der Waals surface area contributed by atoms with E-state index in [2.05, 4.69) is 15.5 Å². The molecule has 3 N–H and O–H groups in total. The van der Waals surface area contributed by atoms with Crippen molar-refractivity contribution in [3.63, 3.8) is 0 Å². The minimum atomic E-state index is -0.499. The Balaban J connectivity index is 2.53. The molecule has 16 heavy (non-hydrogen) atoms. The quantitative estimate of drug-likeness (QED) is 0.441. The number of nitro groups is 1. The molecule has 0 amide bonds. The first-order valence-corrected chi connectivity index (χ1v) is 4.32. The SMILES string of the molecule is NNc1cc(-n2cncn2)cc([N+](=O)[O-])c1. The molecule has 0 unspecified atom stereocenters. The normalized spacial score (nSPS) is 10.1. The van der Waals surface area contributed by atoms with Gasteiger partial charge in [-0.1, -0.05) is 0 Å². The number of anilines is 1. The molecule has 0 radical (unpaired) electrons. The fraction of sp³-hybridized carbons (Fsp3) is 0. The number of hydrogen-bond acceptors (Lipinski definition) is 6. The van der Waals surface area contributed by atoms with Crippen LogP contribution in [0.25, 0.3) is 5.69 Å². The molecule has 82 valence electrons. The molecule has 1 aromatic carbocycles. The maximum absolute atomic E-state index is 10.7. The minimum absolute atomic E-state index is 0.0686. The van der Waals surface area contributed by atoms with Crippen molar-refractivity contribution in [3.8, 4) is 5.69 Å². The first kappa shape index (κ1) is 10.1. The summed E-state index contributed by atoms with van der Waals surface area (Å²) in [6.07, 6.45) is 2.79. The number of hydrazine groups is 1. The van der Waals surface area contributed by atoms with Gasteiger partial charge in [0.1, 0.15) is 12.7 Å². The zero-order chi connectivity index (χ0) is 11.5. The molecule has 0 saturated heterocycles. The lowest BCUT2D eigenvalue weighted by molar-refractivity contribution is -0.384. The van der Waals surface area contributed by atoms with Crippen LogP contribution in [0.4, 0.5) is 11.4 Å². The second-order valence-corrected chi connectivity index (χ2v) is 2.98. The number of benzene rings is 1. The Labute approximate surface area is 89.8 Å². The summed E-state index contributed by atoms with van der Waals surface area (Å²) < 4.78 is 1.41. The highest BCUT2D eigenvalue weighted by molar-refractivity contribution is 5.57. The van der Waals surface area contributed by atoms with Crippen molar-refractivity contribution in [2.45, 2.75) is 0 Å². The highest BCUT2D eigenvalue weighted by Gasteiger charge is 2.10. The smallest absolute Gasteiger partial charge is 0.273 e. The third-order valence-electron chi connectivity index (χ3n) is 1.96. The van der Waals surface area contributed by atoms with Gasteiger partial charge in [0.15, 0.2) is 0 Å². The molecule has 2 rings (SSSR count). The fourth-order valence-corrected chi connectivity index (χ4v) is 1.26. The largest absolute Gasteiger partial charge is 0.324 e. The van der Waals surface area contributed by atoms with E-state index in [1.807, 2.05) is 0 Å². The number of nitrogens with one attached hydrogen (secondary N) is 1. The van der Waals surface area contributed by atoms with E-state index in [-0.39, 0.29) is 5.69 Å². The molecule has 0 bridgehead atoms. The van der Waals surface area contributed by atoms with Gasteiger partial charge in [-0.25, -0.2) is 9.67 Å². The monoisotopic (exact) mass is 220 g/mol. The topological polar surface area (TPSA) is 112 Å². The van der Waals surface area contributed by atoms with Gasteiger partial charge in [-0.3, -0.25) is 16.0 Å². The van der Waals surface area contributed by atoms with Crippen molar-refractivity contribution in [1.82, 2.24) is 14.8 Å². The van der Waals surface area contributed by atoms with Crippen LogP contribution < -0.4 is 11.3 Å². The van der Waals surface area contributed by atoms with E-state index < -0.39 is 4.92 Å². The van der Waals surface area contributed by atoms with E-state index >= 15 is 0 Å². The Morgan fingerprint density at radius 3 is 2.81 bits per heavy atom. The number of aromatic nitrogens is 3. The molecule has 1 aromatic heterocycles. The van der Waals surface area contributed by atoms with Crippen LogP contribution in [-0.4, -0.2) is 19.7 Å². The van der Waals surface area contributed by atoms with Crippen LogP contribution in [0.3, 0.4) is 0 Å². The van der Waals surface area contributed by atoms with E-state index in [0.717, 1.165) is 0 Å². The van der Waals surface area contributed by atoms with Gasteiger partial charge in [0.25, 0.3) is 5.69 Å². The highest BCUT2D eigenvalue weighted by atomic mass is 16.6. The molecule has 8 nitrogen and oxygen atoms in total. The number of non-ortho nitro benzene ring substituents is 1. The van der Waals surface area contributed by atoms with Crippen molar-refractivity contribution in [2.75, 3.05) is 5.43 Å². The zero-order valence-electron chi connectivity index (χ0n) is 8.07. The van der Waals surface area contributed by atoms with Gasteiger partial charge < -0.3 is 5.43 Å². The summed E-state index contributed by atoms with van der Waals surface area (Å²) in [5, 5.41) is 14.6. The van der Waals surface area contributed by atoms with Crippen molar-refractivity contribution in [1.29, 1.82) is 0 Å². The van der Waals surface area contributed by atoms with Gasteiger partial charge in [0.05, 0.1) is 16.3 Å². The summed E-state index contributed by atoms with van der Waals surface area (Å²) >= 11 is 0. The summed E-state index contributed by atoms with van der Waals surface area (Å²) in [6, 6.07) is 4.34. The van der Waals surface area contributed by atoms with Gasteiger partial charge in [-0.15, -0.1) is 0 Å². The Morgan fingerprint density at radius 2 is 2.25 bits per heavy atom. The summed E-state index contributed by atoms with van der Waals surface area (Å²) in [7, 11) is 0. The average molecular weight is 220 g/mol. The fourth-order valence-electron chi connectivity index (χ4n) is 1.26. The molecule has 0 aliphatic rings. The second kappa shape index (κ2) is 3.95. The molecule has 8 heteroatoms. The van der Waals surface area contributed by atoms with Crippen LogP contribution in [0.5, 0.6) is 0 Å². The van der Waals surface area contributed by atoms with Gasteiger partial charge in [0.2, 0.25) is 0 Å². The summed E-state index contributed by atoms with van der Waals surface area (Å²) in [6.45, 7) is 0. The molecular weight excluding hydrogens is 212 g/mol. The molecule has 0 aliphatic carbocycles. The van der Waals surface area contributed by atoms with Crippen molar-refractivity contribution in [2.24, 2.45) is 5.84 Å². The Morgan fingerprint density at radius 1 is 1.44 bits per heavy atom. The summed E-state index contributed by atoms with van der Waals surface area (Å²) in [5.41, 5.74) is 3.23. The Kier molecular flexibility index (Phi) is 2.48. The lowest BCUT2D eigenvalue weighted by Crippen LogP contribution is -2.08. The van der Waals surface area contributed by atoms with E-state index in [4.69, 9.17) is 5.84 Å². The van der Waals surface area contributed by atoms with Crippen molar-refractivity contribution < 1.29 is 4.92 Å². The predicted molar refractivity (Wildman–Crippen MR) is 55.8 cm³/mol. The molecule has 0 aliphatic heterocycles. The maximum Gasteiger partial charge on any atom is 0.273 e. The van der Waals surface area contributed by atoms with Crippen LogP contribution in [0, 0.1) is 10.1 Å². The number of nitrogens with zero attached hydrogens (tertiary/aromatic N) is 4. The maximum atomic E-state index is 10.7. The summed E-state index contributed by atoms with van der Waals surface area (Å²) in [5.74, 6) is 5.22. The Hall–Kier alpha value is -2.48. The highest BCUT2D eigenvalue weighted by Crippen LogP contribution is 2.22. The van der Waals surface area contributed by atoms with Crippen LogP contribution >= 0.6 is 0 Å². The number of rotatable bonds is 3. The molecule has 0 fully saturated rings. The number of nitro benzene ring substituents is 1. The third kappa shape index (κ3) is 1.81. The summed E-state index contributed by atoms with van der Waals surface area (Å²) in [4.78, 5) is 13.9. The first-order valence-electron chi connectivity index (χ1n) is 4.32. The molecule has 0 atom stereocenters. The third-order valence-corrected chi connectivity index (χ3v) is 1.96. The van der Waals surface area contributed by atoms with Gasteiger partial charge in [-0.05, 0) is 6.07 Å². The van der Waals surface area contributed by atoms with Crippen LogP contribution in [0.15, 0.2) is 30.9 Å². The standard InChI is InChI=1S/C8H8N6O2/c9-12-6-1-7(13-5-10-4-11-13)3-8(2-6)14(15)16/h1-5,12H,9H2. The zero-order valence-corrected chi connectivity index (χ0v) is 8.07. The number of nitrogens with two attached hydrogens (primary N) is 1. The first-order chi connectivity index (χ1) is 7.70. The van der Waals surface area contributed by atoms with Crippen LogP contribution in [0.1, 0.15) is 0 Å². The van der Waals surface area contributed by atoms with E-state index in [1.165, 1.54) is 29.5 Å². The molecule has 0 spiro atoms. The van der Waals surface area contributed by atoms with Gasteiger partial charge in [0, 0.05) is 12.1 Å². The number of nitrogen functional groups attached to an aromatic ring is 1. The second-order valence-electron chi connectivity index (χ2n) is 2.98. The molecule has 1 heterocycles. The Bertz CT molecular complexity index is 509. The van der Waals surface area contributed by atoms with Gasteiger partial charge >= 0.3 is 0 Å². The molecule has 2 aromatic rings. The number of hydrogen-bond donors (Lipinski definition) is 2. The minimum Gasteiger partial charge on any atom is -0.324 e. The predicted octanol–water partition coefficient (Wildman–Crippen LogP) is 0.461. The van der Waals surface area contributed by atoms with Crippen molar-refractivity contribution in [3.05, 3.63) is 41.0 Å². The average Bonchev–Trinajstić information content (AvgIpc) is 2.81. The molecule has 0 saturated carbocycles.